The fourth-order valence-corrected chi connectivity index (χ4v) is 0.631. The summed E-state index contributed by atoms with van der Waals surface area (Å²) in [6.07, 6.45) is 0.826. The van der Waals surface area contributed by atoms with Crippen LogP contribution in [0.4, 0.5) is 0 Å². The number of unbranched alkanes of at least 4 members (excludes halogenated alkanes) is 1. The van der Waals surface area contributed by atoms with Gasteiger partial charge in [0.1, 0.15) is 0 Å². The van der Waals surface area contributed by atoms with Gasteiger partial charge in [-0.2, -0.15) is 0 Å². The van der Waals surface area contributed by atoms with Crippen LogP contribution in [0.15, 0.2) is 0 Å². The van der Waals surface area contributed by atoms with Crippen molar-refractivity contribution in [2.24, 2.45) is 0 Å². The van der Waals surface area contributed by atoms with E-state index >= 15 is 0 Å². The molecule has 4 nitrogen and oxygen atoms in total. The molecule has 0 aliphatic rings. The van der Waals surface area contributed by atoms with Crippen LogP contribution >= 0.6 is 0 Å². The lowest BCUT2D eigenvalue weighted by atomic mass is 10.2. The maximum Gasteiger partial charge on any atom is 0.220 e. The van der Waals surface area contributed by atoms with E-state index in [4.69, 9.17) is 10.2 Å². The molecule has 0 radical (unpaired) electrons. The highest BCUT2D eigenvalue weighted by atomic mass is 16.5. The molecule has 0 rings (SSSR count). The van der Waals surface area contributed by atoms with Crippen LogP contribution in [-0.4, -0.2) is 29.0 Å². The van der Waals surface area contributed by atoms with E-state index in [9.17, 15) is 4.79 Å². The fraction of sp³-hybridized carbons (Fsp3) is 0.857. The lowest BCUT2D eigenvalue weighted by molar-refractivity contribution is -0.123. The number of hydrogen-bond acceptors (Lipinski definition) is 3. The van der Waals surface area contributed by atoms with E-state index in [0.29, 0.717) is 6.42 Å². The molecule has 3 N–H and O–H groups in total. The Kier molecular flexibility index (Phi) is 5.78. The number of carbonyl (C=O) groups excluding carboxylic acids is 1. The van der Waals surface area contributed by atoms with E-state index in [0.717, 1.165) is 12.8 Å². The van der Waals surface area contributed by atoms with E-state index in [-0.39, 0.29) is 12.5 Å². The third kappa shape index (κ3) is 7.29. The molecule has 0 unspecified atom stereocenters. The van der Waals surface area contributed by atoms with Gasteiger partial charge < -0.3 is 15.5 Å². The highest BCUT2D eigenvalue weighted by molar-refractivity contribution is 5.75. The molecule has 0 aromatic carbocycles. The van der Waals surface area contributed by atoms with Crippen LogP contribution in [0.3, 0.4) is 0 Å². The van der Waals surface area contributed by atoms with E-state index in [1.54, 1.807) is 0 Å². The zero-order valence-electron chi connectivity index (χ0n) is 6.71. The summed E-state index contributed by atoms with van der Waals surface area (Å²) >= 11 is 0. The minimum atomic E-state index is -1.44. The summed E-state index contributed by atoms with van der Waals surface area (Å²) in [5.41, 5.74) is 0. The molecule has 0 aliphatic heterocycles. The second-order valence-electron chi connectivity index (χ2n) is 2.39. The molecule has 0 heterocycles. The molecule has 0 aromatic rings. The average Bonchev–Trinajstić information content (AvgIpc) is 1.97. The first-order valence-electron chi connectivity index (χ1n) is 3.79. The highest BCUT2D eigenvalue weighted by Crippen LogP contribution is 1.92. The van der Waals surface area contributed by atoms with Crippen molar-refractivity contribution < 1.29 is 15.0 Å². The summed E-state index contributed by atoms with van der Waals surface area (Å²) in [5.74, 6) is -0.125. The molecule has 4 heteroatoms. The molecule has 0 aromatic heterocycles. The maximum absolute atomic E-state index is 10.8. The Morgan fingerprint density at radius 1 is 1.55 bits per heavy atom. The van der Waals surface area contributed by atoms with Gasteiger partial charge in [0.15, 0.2) is 6.29 Å². The topological polar surface area (TPSA) is 69.6 Å². The number of rotatable bonds is 5. The summed E-state index contributed by atoms with van der Waals surface area (Å²) in [6, 6.07) is 0. The van der Waals surface area contributed by atoms with Crippen molar-refractivity contribution in [2.45, 2.75) is 32.5 Å². The second-order valence-corrected chi connectivity index (χ2v) is 2.39. The van der Waals surface area contributed by atoms with Crippen LogP contribution in [-0.2, 0) is 4.79 Å². The van der Waals surface area contributed by atoms with Gasteiger partial charge in [-0.3, -0.25) is 4.79 Å². The van der Waals surface area contributed by atoms with Gasteiger partial charge in [-0.15, -0.1) is 0 Å². The number of aliphatic hydroxyl groups excluding tert-OH is 1. The molecular formula is C7H15NO3. The quantitative estimate of drug-likeness (QED) is 0.481. The largest absolute Gasteiger partial charge is 0.367 e. The highest BCUT2D eigenvalue weighted by Gasteiger charge is 2.01. The van der Waals surface area contributed by atoms with Gasteiger partial charge >= 0.3 is 0 Å². The summed E-state index contributed by atoms with van der Waals surface area (Å²) in [4.78, 5) is 10.8. The van der Waals surface area contributed by atoms with Crippen LogP contribution in [0.2, 0.25) is 0 Å². The van der Waals surface area contributed by atoms with Crippen molar-refractivity contribution in [3.8, 4) is 0 Å². The second kappa shape index (κ2) is 6.12. The molecular weight excluding hydrogens is 146 g/mol. The van der Waals surface area contributed by atoms with Gasteiger partial charge in [0.2, 0.25) is 5.91 Å². The third-order valence-electron chi connectivity index (χ3n) is 1.24. The number of carbonyl (C=O) groups is 1. The molecule has 66 valence electrons. The van der Waals surface area contributed by atoms with Crippen molar-refractivity contribution in [1.29, 1.82) is 0 Å². The first-order valence-corrected chi connectivity index (χ1v) is 3.79. The average molecular weight is 161 g/mol. The number of aliphatic hydroxyl groups is 2. The first-order chi connectivity index (χ1) is 5.16. The van der Waals surface area contributed by atoms with Gasteiger partial charge in [0.05, 0.1) is 6.54 Å². The van der Waals surface area contributed by atoms with E-state index in [1.807, 2.05) is 6.92 Å². The molecule has 11 heavy (non-hydrogen) atoms. The van der Waals surface area contributed by atoms with Crippen molar-refractivity contribution in [1.82, 2.24) is 5.32 Å². The van der Waals surface area contributed by atoms with Gasteiger partial charge in [-0.05, 0) is 6.42 Å². The molecule has 0 atom stereocenters. The van der Waals surface area contributed by atoms with Crippen molar-refractivity contribution in [3.05, 3.63) is 0 Å². The molecule has 0 spiro atoms. The van der Waals surface area contributed by atoms with Crippen molar-refractivity contribution in [2.75, 3.05) is 6.54 Å². The zero-order chi connectivity index (χ0) is 8.69. The van der Waals surface area contributed by atoms with Crippen molar-refractivity contribution in [3.63, 3.8) is 0 Å². The van der Waals surface area contributed by atoms with E-state index < -0.39 is 6.29 Å². The molecule has 0 bridgehead atoms. The predicted molar refractivity (Wildman–Crippen MR) is 40.8 cm³/mol. The SMILES string of the molecule is CCCCC(=O)NCC(O)O. The molecule has 0 saturated heterocycles. The maximum atomic E-state index is 10.8. The summed E-state index contributed by atoms with van der Waals surface area (Å²) in [6.45, 7) is 1.91. The number of amides is 1. The first kappa shape index (κ1) is 10.4. The smallest absolute Gasteiger partial charge is 0.220 e. The monoisotopic (exact) mass is 161 g/mol. The van der Waals surface area contributed by atoms with Crippen LogP contribution in [0, 0.1) is 0 Å². The van der Waals surface area contributed by atoms with Crippen LogP contribution in [0.1, 0.15) is 26.2 Å². The fourth-order valence-electron chi connectivity index (χ4n) is 0.631. The van der Waals surface area contributed by atoms with Gasteiger partial charge in [0.25, 0.3) is 0 Å². The Balaban J connectivity index is 3.23. The van der Waals surface area contributed by atoms with Crippen LogP contribution < -0.4 is 5.32 Å². The third-order valence-corrected chi connectivity index (χ3v) is 1.24. The Bertz CT molecular complexity index is 114. The Morgan fingerprint density at radius 2 is 2.18 bits per heavy atom. The van der Waals surface area contributed by atoms with Gasteiger partial charge in [-0.25, -0.2) is 0 Å². The minimum absolute atomic E-state index is 0.0808. The standard InChI is InChI=1S/C7H15NO3/c1-2-3-4-6(9)8-5-7(10)11/h7,10-11H,2-5H2,1H3,(H,8,9). The minimum Gasteiger partial charge on any atom is -0.367 e. The number of nitrogens with one attached hydrogen (secondary N) is 1. The van der Waals surface area contributed by atoms with Gasteiger partial charge in [-0.1, -0.05) is 13.3 Å². The van der Waals surface area contributed by atoms with E-state index in [1.165, 1.54) is 0 Å². The Morgan fingerprint density at radius 3 is 2.64 bits per heavy atom. The Hall–Kier alpha value is -0.610. The summed E-state index contributed by atoms with van der Waals surface area (Å²) < 4.78 is 0. The predicted octanol–water partition coefficient (Wildman–Crippen LogP) is -0.396. The molecule has 0 saturated carbocycles. The summed E-state index contributed by atoms with van der Waals surface area (Å²) in [5, 5.41) is 19.1. The molecule has 0 aliphatic carbocycles. The molecule has 0 fully saturated rings. The van der Waals surface area contributed by atoms with Crippen molar-refractivity contribution >= 4 is 5.91 Å². The van der Waals surface area contributed by atoms with E-state index in [2.05, 4.69) is 5.32 Å². The lowest BCUT2D eigenvalue weighted by Gasteiger charge is -2.05. The van der Waals surface area contributed by atoms with Crippen LogP contribution in [0.5, 0.6) is 0 Å². The summed E-state index contributed by atoms with van der Waals surface area (Å²) in [7, 11) is 0. The van der Waals surface area contributed by atoms with Crippen LogP contribution in [0.25, 0.3) is 0 Å². The normalized spacial score (nSPS) is 10.2. The Labute approximate surface area is 66.2 Å². The zero-order valence-corrected chi connectivity index (χ0v) is 6.71. The van der Waals surface area contributed by atoms with Gasteiger partial charge in [0, 0.05) is 6.42 Å². The number of hydrogen-bond donors (Lipinski definition) is 3. The lowest BCUT2D eigenvalue weighted by Crippen LogP contribution is -2.31. The molecule has 1 amide bonds.